The lowest BCUT2D eigenvalue weighted by molar-refractivity contribution is -0.111. The number of carbonyl (C=O) groups is 1. The number of nitrogens with one attached hydrogen (secondary N) is 2. The number of hydrogen-bond donors (Lipinski definition) is 3. The van der Waals surface area contributed by atoms with E-state index in [1.807, 2.05) is 36.4 Å². The van der Waals surface area contributed by atoms with Gasteiger partial charge in [-0.2, -0.15) is 0 Å². The van der Waals surface area contributed by atoms with Gasteiger partial charge in [-0.3, -0.25) is 9.78 Å². The van der Waals surface area contributed by atoms with Crippen molar-refractivity contribution in [3.63, 3.8) is 0 Å². The van der Waals surface area contributed by atoms with Crippen LogP contribution in [0.2, 0.25) is 0 Å². The van der Waals surface area contributed by atoms with Crippen LogP contribution in [0.25, 0.3) is 22.2 Å². The van der Waals surface area contributed by atoms with Crippen molar-refractivity contribution >= 4 is 40.0 Å². The highest BCUT2D eigenvalue weighted by atomic mass is 16.5. The molecule has 10 nitrogen and oxygen atoms in total. The fourth-order valence-corrected chi connectivity index (χ4v) is 3.98. The zero-order valence-corrected chi connectivity index (χ0v) is 19.5. The van der Waals surface area contributed by atoms with E-state index in [1.54, 1.807) is 24.7 Å². The van der Waals surface area contributed by atoms with Gasteiger partial charge in [0.2, 0.25) is 11.9 Å². The van der Waals surface area contributed by atoms with Crippen LogP contribution in [0, 0.1) is 0 Å². The number of benzene rings is 1. The number of aliphatic hydroxyl groups excluding tert-OH is 1. The molecule has 1 saturated heterocycles. The first-order chi connectivity index (χ1) is 17.6. The molecular formula is C26H25N7O3. The third-order valence-corrected chi connectivity index (χ3v) is 5.76. The van der Waals surface area contributed by atoms with E-state index in [0.717, 1.165) is 29.0 Å². The zero-order valence-electron chi connectivity index (χ0n) is 19.5. The highest BCUT2D eigenvalue weighted by Crippen LogP contribution is 2.28. The van der Waals surface area contributed by atoms with Gasteiger partial charge in [-0.05, 0) is 36.4 Å². The maximum absolute atomic E-state index is 11.7. The van der Waals surface area contributed by atoms with E-state index in [9.17, 15) is 9.90 Å². The van der Waals surface area contributed by atoms with Crippen LogP contribution >= 0.6 is 0 Å². The van der Waals surface area contributed by atoms with Crippen molar-refractivity contribution in [1.29, 1.82) is 0 Å². The van der Waals surface area contributed by atoms with Crippen molar-refractivity contribution in [2.24, 2.45) is 0 Å². The first-order valence-electron chi connectivity index (χ1n) is 11.5. The van der Waals surface area contributed by atoms with Gasteiger partial charge >= 0.3 is 0 Å². The molecule has 1 aromatic carbocycles. The molecule has 0 aliphatic carbocycles. The van der Waals surface area contributed by atoms with Crippen molar-refractivity contribution < 1.29 is 14.6 Å². The smallest absolute Gasteiger partial charge is 0.247 e. The molecule has 5 rings (SSSR count). The summed E-state index contributed by atoms with van der Waals surface area (Å²) in [4.78, 5) is 32.0. The minimum Gasteiger partial charge on any atom is -0.394 e. The van der Waals surface area contributed by atoms with Crippen LogP contribution in [0.5, 0.6) is 0 Å². The number of aromatic nitrogens is 4. The van der Waals surface area contributed by atoms with Crippen molar-refractivity contribution in [3.8, 4) is 11.3 Å². The lowest BCUT2D eigenvalue weighted by atomic mass is 10.1. The monoisotopic (exact) mass is 483 g/mol. The van der Waals surface area contributed by atoms with Gasteiger partial charge in [0.05, 0.1) is 36.9 Å². The minimum atomic E-state index is -0.284. The fourth-order valence-electron chi connectivity index (χ4n) is 3.98. The number of amides is 1. The Morgan fingerprint density at radius 1 is 1.17 bits per heavy atom. The van der Waals surface area contributed by atoms with Crippen LogP contribution in [-0.4, -0.2) is 63.4 Å². The fraction of sp³-hybridized carbons (Fsp3) is 0.192. The van der Waals surface area contributed by atoms with Gasteiger partial charge in [-0.15, -0.1) is 0 Å². The Balaban J connectivity index is 1.38. The van der Waals surface area contributed by atoms with Gasteiger partial charge in [0.1, 0.15) is 11.3 Å². The number of nitrogens with zero attached hydrogens (tertiary/aromatic N) is 5. The second-order valence-corrected chi connectivity index (χ2v) is 8.22. The number of fused-ring (bicyclic) bond motifs is 1. The van der Waals surface area contributed by atoms with E-state index >= 15 is 0 Å². The summed E-state index contributed by atoms with van der Waals surface area (Å²) in [5.74, 6) is 0.944. The number of carbonyl (C=O) groups excluding carboxylic acids is 1. The molecule has 3 aromatic heterocycles. The van der Waals surface area contributed by atoms with Crippen molar-refractivity contribution in [2.75, 3.05) is 41.8 Å². The zero-order chi connectivity index (χ0) is 24.9. The molecule has 36 heavy (non-hydrogen) atoms. The standard InChI is InChI=1S/C26H25N7O3/c1-2-23(35)30-19-5-3-4-17(12-19)24-25-18(8-9-27-24)13-29-26(32-25)31-20-6-7-22(28-14-20)33-10-11-36-21(15-33)16-34/h2-9,12-14,21,34H,1,10-11,15-16H2,(H,30,35)(H,29,31,32)/t21-/m0/s1. The maximum atomic E-state index is 11.7. The third kappa shape index (κ3) is 5.14. The normalized spacial score (nSPS) is 15.5. The van der Waals surface area contributed by atoms with E-state index in [2.05, 4.69) is 37.1 Å². The lowest BCUT2D eigenvalue weighted by Crippen LogP contribution is -2.44. The molecule has 4 aromatic rings. The predicted octanol–water partition coefficient (Wildman–Crippen LogP) is 3.15. The van der Waals surface area contributed by atoms with E-state index in [1.165, 1.54) is 6.08 Å². The van der Waals surface area contributed by atoms with E-state index < -0.39 is 0 Å². The number of morpholine rings is 1. The molecular weight excluding hydrogens is 458 g/mol. The molecule has 1 atom stereocenters. The first-order valence-corrected chi connectivity index (χ1v) is 11.5. The Morgan fingerprint density at radius 2 is 2.08 bits per heavy atom. The Kier molecular flexibility index (Phi) is 6.78. The summed E-state index contributed by atoms with van der Waals surface area (Å²) in [6, 6.07) is 13.1. The summed E-state index contributed by atoms with van der Waals surface area (Å²) in [5, 5.41) is 16.2. The molecule has 1 amide bonds. The highest BCUT2D eigenvalue weighted by Gasteiger charge is 2.20. The van der Waals surface area contributed by atoms with Gasteiger partial charge in [-0.1, -0.05) is 18.7 Å². The molecule has 3 N–H and O–H groups in total. The number of ether oxygens (including phenoxy) is 1. The number of anilines is 4. The second kappa shape index (κ2) is 10.5. The molecule has 1 aliphatic rings. The van der Waals surface area contributed by atoms with Gasteiger partial charge in [-0.25, -0.2) is 15.0 Å². The first kappa shape index (κ1) is 23.3. The highest BCUT2D eigenvalue weighted by molar-refractivity contribution is 5.99. The Morgan fingerprint density at radius 3 is 2.89 bits per heavy atom. The number of hydrogen-bond acceptors (Lipinski definition) is 9. The number of aliphatic hydroxyl groups is 1. The number of pyridine rings is 2. The summed E-state index contributed by atoms with van der Waals surface area (Å²) < 4.78 is 5.51. The Labute approximate surface area is 207 Å². The van der Waals surface area contributed by atoms with Gasteiger partial charge < -0.3 is 25.4 Å². The van der Waals surface area contributed by atoms with Gasteiger partial charge in [0.15, 0.2) is 0 Å². The van der Waals surface area contributed by atoms with Crippen LogP contribution in [0.3, 0.4) is 0 Å². The quantitative estimate of drug-likeness (QED) is 0.340. The van der Waals surface area contributed by atoms with Crippen molar-refractivity contribution in [2.45, 2.75) is 6.10 Å². The SMILES string of the molecule is C=CC(=O)Nc1cccc(-c2nccc3cnc(Nc4ccc(N5CCO[C@H](CO)C5)nc4)nc23)c1. The molecule has 4 heterocycles. The molecule has 0 radical (unpaired) electrons. The average molecular weight is 484 g/mol. The van der Waals surface area contributed by atoms with E-state index in [4.69, 9.17) is 9.72 Å². The summed E-state index contributed by atoms with van der Waals surface area (Å²) in [5.41, 5.74) is 3.54. The molecule has 1 fully saturated rings. The predicted molar refractivity (Wildman–Crippen MR) is 138 cm³/mol. The molecule has 1 aliphatic heterocycles. The number of rotatable bonds is 7. The third-order valence-electron chi connectivity index (χ3n) is 5.76. The van der Waals surface area contributed by atoms with Crippen molar-refractivity contribution in [1.82, 2.24) is 19.9 Å². The molecule has 0 saturated carbocycles. The molecule has 0 bridgehead atoms. The topological polar surface area (TPSA) is 125 Å². The van der Waals surface area contributed by atoms with Crippen LogP contribution < -0.4 is 15.5 Å². The molecule has 10 heteroatoms. The van der Waals surface area contributed by atoms with Crippen LogP contribution in [0.1, 0.15) is 0 Å². The van der Waals surface area contributed by atoms with Crippen LogP contribution in [0.15, 0.2) is 73.7 Å². The van der Waals surface area contributed by atoms with E-state index in [-0.39, 0.29) is 18.6 Å². The van der Waals surface area contributed by atoms with Gasteiger partial charge in [0.25, 0.3) is 0 Å². The Bertz CT molecular complexity index is 1390. The van der Waals surface area contributed by atoms with E-state index in [0.29, 0.717) is 36.0 Å². The van der Waals surface area contributed by atoms with Crippen molar-refractivity contribution in [3.05, 3.63) is 73.7 Å². The average Bonchev–Trinajstić information content (AvgIpc) is 2.93. The molecule has 0 spiro atoms. The molecule has 182 valence electrons. The largest absolute Gasteiger partial charge is 0.394 e. The summed E-state index contributed by atoms with van der Waals surface area (Å²) >= 11 is 0. The summed E-state index contributed by atoms with van der Waals surface area (Å²) in [6.45, 7) is 5.34. The summed E-state index contributed by atoms with van der Waals surface area (Å²) in [7, 11) is 0. The Hall–Kier alpha value is -4.41. The van der Waals surface area contributed by atoms with Crippen LogP contribution in [-0.2, 0) is 9.53 Å². The minimum absolute atomic E-state index is 0.0138. The summed E-state index contributed by atoms with van der Waals surface area (Å²) in [6.07, 6.45) is 6.19. The van der Waals surface area contributed by atoms with Gasteiger partial charge in [0, 0.05) is 42.1 Å². The molecule has 0 unspecified atom stereocenters. The lowest BCUT2D eigenvalue weighted by Gasteiger charge is -2.32. The second-order valence-electron chi connectivity index (χ2n) is 8.22. The van der Waals surface area contributed by atoms with Crippen LogP contribution in [0.4, 0.5) is 23.1 Å². The maximum Gasteiger partial charge on any atom is 0.247 e.